The van der Waals surface area contributed by atoms with Gasteiger partial charge in [0.15, 0.2) is 0 Å². The molecule has 2 N–H and O–H groups in total. The van der Waals surface area contributed by atoms with Crippen molar-refractivity contribution < 1.29 is 0 Å². The highest BCUT2D eigenvalue weighted by Crippen LogP contribution is 2.24. The van der Waals surface area contributed by atoms with Crippen LogP contribution in [0.3, 0.4) is 0 Å². The van der Waals surface area contributed by atoms with E-state index >= 15 is 0 Å². The number of aromatic amines is 2. The van der Waals surface area contributed by atoms with Crippen LogP contribution in [0.1, 0.15) is 50.2 Å². The highest BCUT2D eigenvalue weighted by Gasteiger charge is 2.17. The number of H-pyrrole nitrogens is 2. The Labute approximate surface area is 95.5 Å². The van der Waals surface area contributed by atoms with Crippen LogP contribution in [0, 0.1) is 0 Å². The van der Waals surface area contributed by atoms with Crippen LogP contribution in [-0.2, 0) is 0 Å². The van der Waals surface area contributed by atoms with Gasteiger partial charge < -0.3 is 9.97 Å². The van der Waals surface area contributed by atoms with Gasteiger partial charge in [0.25, 0.3) is 0 Å². The number of unbranched alkanes of at least 4 members (excludes halogenated alkanes) is 2. The van der Waals surface area contributed by atoms with Crippen molar-refractivity contribution in [2.24, 2.45) is 0 Å². The lowest BCUT2D eigenvalue weighted by molar-refractivity contribution is 0.584. The maximum absolute atomic E-state index is 4.34. The maximum atomic E-state index is 4.34. The number of hydrogen-bond donors (Lipinski definition) is 2. The van der Waals surface area contributed by atoms with E-state index in [2.05, 4.69) is 26.9 Å². The third kappa shape index (κ3) is 2.51. The summed E-state index contributed by atoms with van der Waals surface area (Å²) >= 11 is 0. The molecule has 0 aliphatic heterocycles. The van der Waals surface area contributed by atoms with E-state index in [9.17, 15) is 0 Å². The molecule has 2 heterocycles. The Morgan fingerprint density at radius 1 is 1.06 bits per heavy atom. The van der Waals surface area contributed by atoms with Crippen molar-refractivity contribution in [2.75, 3.05) is 0 Å². The van der Waals surface area contributed by atoms with Crippen LogP contribution in [0.25, 0.3) is 0 Å². The first kappa shape index (κ1) is 10.9. The number of hydrogen-bond acceptors (Lipinski definition) is 2. The molecule has 0 unspecified atom stereocenters. The summed E-state index contributed by atoms with van der Waals surface area (Å²) in [7, 11) is 0. The van der Waals surface area contributed by atoms with E-state index in [1.54, 1.807) is 12.4 Å². The van der Waals surface area contributed by atoms with E-state index in [1.165, 1.54) is 19.3 Å². The molecule has 4 nitrogen and oxygen atoms in total. The molecule has 2 rings (SSSR count). The van der Waals surface area contributed by atoms with Gasteiger partial charge in [0.1, 0.15) is 11.6 Å². The topological polar surface area (TPSA) is 57.4 Å². The molecular weight excluding hydrogens is 200 g/mol. The van der Waals surface area contributed by atoms with Gasteiger partial charge >= 0.3 is 0 Å². The Balaban J connectivity index is 2.08. The minimum Gasteiger partial charge on any atom is -0.348 e. The first-order valence-corrected chi connectivity index (χ1v) is 5.90. The Morgan fingerprint density at radius 3 is 2.12 bits per heavy atom. The molecule has 2 aromatic rings. The fraction of sp³-hybridized carbons (Fsp3) is 0.500. The van der Waals surface area contributed by atoms with Crippen LogP contribution < -0.4 is 0 Å². The maximum Gasteiger partial charge on any atom is 0.116 e. The second-order valence-electron chi connectivity index (χ2n) is 4.00. The van der Waals surface area contributed by atoms with Crippen molar-refractivity contribution in [1.29, 1.82) is 0 Å². The van der Waals surface area contributed by atoms with Crippen LogP contribution in [0.15, 0.2) is 24.8 Å². The van der Waals surface area contributed by atoms with Gasteiger partial charge in [0.2, 0.25) is 0 Å². The van der Waals surface area contributed by atoms with E-state index in [-0.39, 0.29) is 5.92 Å². The average Bonchev–Trinajstić information content (AvgIpc) is 2.97. The van der Waals surface area contributed by atoms with Gasteiger partial charge in [-0.15, -0.1) is 0 Å². The first-order chi connectivity index (χ1) is 7.92. The molecule has 16 heavy (non-hydrogen) atoms. The summed E-state index contributed by atoms with van der Waals surface area (Å²) in [6.07, 6.45) is 12.1. The van der Waals surface area contributed by atoms with Gasteiger partial charge in [-0.25, -0.2) is 9.97 Å². The third-order valence-corrected chi connectivity index (χ3v) is 2.80. The van der Waals surface area contributed by atoms with E-state index in [0.717, 1.165) is 18.1 Å². The Hall–Kier alpha value is -1.58. The molecule has 0 bridgehead atoms. The molecule has 0 saturated carbocycles. The largest absolute Gasteiger partial charge is 0.348 e. The van der Waals surface area contributed by atoms with Gasteiger partial charge in [0, 0.05) is 24.8 Å². The molecule has 0 radical (unpaired) electrons. The molecule has 0 aromatic carbocycles. The van der Waals surface area contributed by atoms with E-state index in [4.69, 9.17) is 0 Å². The van der Waals surface area contributed by atoms with Crippen molar-refractivity contribution in [1.82, 2.24) is 19.9 Å². The van der Waals surface area contributed by atoms with Crippen molar-refractivity contribution in [2.45, 2.75) is 38.5 Å². The van der Waals surface area contributed by atoms with E-state index in [0.29, 0.717) is 0 Å². The summed E-state index contributed by atoms with van der Waals surface area (Å²) in [4.78, 5) is 15.0. The Morgan fingerprint density at radius 2 is 1.69 bits per heavy atom. The fourth-order valence-corrected chi connectivity index (χ4v) is 1.94. The SMILES string of the molecule is CCCCCC(c1ncc[nH]1)c1ncc[nH]1. The summed E-state index contributed by atoms with van der Waals surface area (Å²) in [6.45, 7) is 2.22. The highest BCUT2D eigenvalue weighted by molar-refractivity contribution is 5.11. The molecule has 0 spiro atoms. The molecule has 0 atom stereocenters. The van der Waals surface area contributed by atoms with Crippen LogP contribution >= 0.6 is 0 Å². The highest BCUT2D eigenvalue weighted by atomic mass is 15.0. The lowest BCUT2D eigenvalue weighted by Crippen LogP contribution is -2.05. The summed E-state index contributed by atoms with van der Waals surface area (Å²) in [6, 6.07) is 0. The summed E-state index contributed by atoms with van der Waals surface area (Å²) in [5.74, 6) is 2.29. The quantitative estimate of drug-likeness (QED) is 0.732. The normalized spacial score (nSPS) is 11.1. The standard InChI is InChI=1S/C12H18N4/c1-2-3-4-5-10(11-13-6-7-14-11)12-15-8-9-16-12/h6-10H,2-5H2,1H3,(H,13,14)(H,15,16). The first-order valence-electron chi connectivity index (χ1n) is 5.90. The number of nitrogens with zero attached hydrogens (tertiary/aromatic N) is 2. The van der Waals surface area contributed by atoms with Gasteiger partial charge in [-0.05, 0) is 6.42 Å². The molecule has 0 amide bonds. The smallest absolute Gasteiger partial charge is 0.116 e. The lowest BCUT2D eigenvalue weighted by Gasteiger charge is -2.11. The summed E-state index contributed by atoms with van der Waals surface area (Å²) < 4.78 is 0. The predicted octanol–water partition coefficient (Wildman–Crippen LogP) is 2.85. The zero-order valence-corrected chi connectivity index (χ0v) is 9.61. The third-order valence-electron chi connectivity index (χ3n) is 2.80. The second kappa shape index (κ2) is 5.49. The van der Waals surface area contributed by atoms with Crippen LogP contribution in [-0.4, -0.2) is 19.9 Å². The average molecular weight is 218 g/mol. The minimum atomic E-state index is 0.275. The molecule has 0 aliphatic carbocycles. The molecular formula is C12H18N4. The Bertz CT molecular complexity index is 343. The van der Waals surface area contributed by atoms with E-state index in [1.807, 2.05) is 12.4 Å². The van der Waals surface area contributed by atoms with E-state index < -0.39 is 0 Å². The molecule has 0 aliphatic rings. The molecule has 4 heteroatoms. The molecule has 0 fully saturated rings. The van der Waals surface area contributed by atoms with Gasteiger partial charge in [-0.3, -0.25) is 0 Å². The van der Waals surface area contributed by atoms with Crippen LogP contribution in [0.5, 0.6) is 0 Å². The van der Waals surface area contributed by atoms with Crippen molar-refractivity contribution in [3.05, 3.63) is 36.4 Å². The number of imidazole rings is 2. The number of aromatic nitrogens is 4. The second-order valence-corrected chi connectivity index (χ2v) is 4.00. The predicted molar refractivity (Wildman–Crippen MR) is 63.2 cm³/mol. The number of rotatable bonds is 6. The van der Waals surface area contributed by atoms with Gasteiger partial charge in [0.05, 0.1) is 5.92 Å². The molecule has 0 saturated heterocycles. The zero-order chi connectivity index (χ0) is 11.2. The van der Waals surface area contributed by atoms with Crippen molar-refractivity contribution >= 4 is 0 Å². The van der Waals surface area contributed by atoms with Gasteiger partial charge in [-0.1, -0.05) is 26.2 Å². The van der Waals surface area contributed by atoms with Crippen molar-refractivity contribution in [3.8, 4) is 0 Å². The Kier molecular flexibility index (Phi) is 3.75. The summed E-state index contributed by atoms with van der Waals surface area (Å²) in [5.41, 5.74) is 0. The number of nitrogens with one attached hydrogen (secondary N) is 2. The zero-order valence-electron chi connectivity index (χ0n) is 9.61. The van der Waals surface area contributed by atoms with Gasteiger partial charge in [-0.2, -0.15) is 0 Å². The molecule has 86 valence electrons. The van der Waals surface area contributed by atoms with Crippen LogP contribution in [0.4, 0.5) is 0 Å². The lowest BCUT2D eigenvalue weighted by atomic mass is 10.00. The summed E-state index contributed by atoms with van der Waals surface area (Å²) in [5, 5.41) is 0. The van der Waals surface area contributed by atoms with Crippen molar-refractivity contribution in [3.63, 3.8) is 0 Å². The fourth-order valence-electron chi connectivity index (χ4n) is 1.94. The molecule has 2 aromatic heterocycles. The monoisotopic (exact) mass is 218 g/mol. The minimum absolute atomic E-state index is 0.275. The van der Waals surface area contributed by atoms with Crippen LogP contribution in [0.2, 0.25) is 0 Å².